The number of nitrogens with one attached hydrogen (secondary N) is 2. The monoisotopic (exact) mass is 178 g/mol. The normalized spacial score (nSPS) is 10.5. The average molecular weight is 178 g/mol. The van der Waals surface area contributed by atoms with Gasteiger partial charge in [-0.2, -0.15) is 5.10 Å². The van der Waals surface area contributed by atoms with Gasteiger partial charge in [-0.05, 0) is 6.54 Å². The molecule has 0 unspecified atom stereocenters. The summed E-state index contributed by atoms with van der Waals surface area (Å²) in [7, 11) is 0. The maximum absolute atomic E-state index is 5.38. The van der Waals surface area contributed by atoms with Gasteiger partial charge in [0.15, 0.2) is 5.82 Å². The molecule has 0 aliphatic carbocycles. The molecule has 0 saturated heterocycles. The predicted molar refractivity (Wildman–Crippen MR) is 46.7 cm³/mol. The lowest BCUT2D eigenvalue weighted by Crippen LogP contribution is -2.03. The van der Waals surface area contributed by atoms with E-state index in [0.29, 0.717) is 24.6 Å². The zero-order chi connectivity index (χ0) is 9.10. The second kappa shape index (κ2) is 3.36. The van der Waals surface area contributed by atoms with Crippen molar-refractivity contribution in [3.8, 4) is 11.6 Å². The van der Waals surface area contributed by atoms with Gasteiger partial charge < -0.3 is 10.7 Å². The van der Waals surface area contributed by atoms with Crippen LogP contribution in [0.5, 0.6) is 0 Å². The van der Waals surface area contributed by atoms with E-state index in [1.54, 1.807) is 12.4 Å². The van der Waals surface area contributed by atoms with Crippen LogP contribution < -0.4 is 5.73 Å². The van der Waals surface area contributed by atoms with E-state index in [2.05, 4.69) is 25.1 Å². The topological polar surface area (TPSA) is 96.3 Å². The number of imidazole rings is 1. The number of rotatable bonds is 3. The second-order valence-corrected chi connectivity index (χ2v) is 2.58. The Bertz CT molecular complexity index is 362. The van der Waals surface area contributed by atoms with Crippen molar-refractivity contribution in [3.05, 3.63) is 18.2 Å². The van der Waals surface area contributed by atoms with Crippen molar-refractivity contribution in [3.63, 3.8) is 0 Å². The molecule has 6 heteroatoms. The van der Waals surface area contributed by atoms with Gasteiger partial charge in [-0.25, -0.2) is 9.97 Å². The summed E-state index contributed by atoms with van der Waals surface area (Å²) < 4.78 is 0. The van der Waals surface area contributed by atoms with Crippen LogP contribution in [0.2, 0.25) is 0 Å². The van der Waals surface area contributed by atoms with Crippen LogP contribution in [0.15, 0.2) is 12.4 Å². The highest BCUT2D eigenvalue weighted by atomic mass is 15.2. The Kier molecular flexibility index (Phi) is 2.05. The summed E-state index contributed by atoms with van der Waals surface area (Å²) in [5.41, 5.74) is 5.38. The summed E-state index contributed by atoms with van der Waals surface area (Å²) in [5, 5.41) is 6.79. The Morgan fingerprint density at radius 2 is 2.38 bits per heavy atom. The minimum atomic E-state index is 0.562. The Hall–Kier alpha value is -1.69. The van der Waals surface area contributed by atoms with Crippen LogP contribution in [-0.2, 0) is 6.42 Å². The number of aromatic amines is 2. The van der Waals surface area contributed by atoms with Gasteiger partial charge >= 0.3 is 0 Å². The Morgan fingerprint density at radius 1 is 1.46 bits per heavy atom. The van der Waals surface area contributed by atoms with E-state index < -0.39 is 0 Å². The molecular formula is C7H10N6. The van der Waals surface area contributed by atoms with Crippen LogP contribution in [0.4, 0.5) is 0 Å². The molecule has 0 radical (unpaired) electrons. The molecule has 4 N–H and O–H groups in total. The van der Waals surface area contributed by atoms with E-state index in [9.17, 15) is 0 Å². The quantitative estimate of drug-likeness (QED) is 0.601. The van der Waals surface area contributed by atoms with Crippen molar-refractivity contribution in [2.24, 2.45) is 5.73 Å². The van der Waals surface area contributed by atoms with Crippen LogP contribution in [-0.4, -0.2) is 31.7 Å². The molecule has 0 amide bonds. The van der Waals surface area contributed by atoms with Crippen molar-refractivity contribution in [1.29, 1.82) is 0 Å². The maximum Gasteiger partial charge on any atom is 0.216 e. The van der Waals surface area contributed by atoms with E-state index in [0.717, 1.165) is 5.82 Å². The smallest absolute Gasteiger partial charge is 0.216 e. The summed E-state index contributed by atoms with van der Waals surface area (Å²) in [4.78, 5) is 11.2. The van der Waals surface area contributed by atoms with Crippen molar-refractivity contribution in [1.82, 2.24) is 25.1 Å². The average Bonchev–Trinajstić information content (AvgIpc) is 2.70. The Labute approximate surface area is 74.6 Å². The minimum Gasteiger partial charge on any atom is -0.342 e. The van der Waals surface area contributed by atoms with Crippen LogP contribution in [0, 0.1) is 0 Å². The third-order valence-corrected chi connectivity index (χ3v) is 1.62. The first-order chi connectivity index (χ1) is 6.40. The number of hydrogen-bond donors (Lipinski definition) is 3. The molecule has 0 aliphatic rings. The lowest BCUT2D eigenvalue weighted by Gasteiger charge is -1.86. The van der Waals surface area contributed by atoms with E-state index in [4.69, 9.17) is 5.73 Å². The third kappa shape index (κ3) is 1.57. The summed E-state index contributed by atoms with van der Waals surface area (Å²) in [6, 6.07) is 0. The fourth-order valence-corrected chi connectivity index (χ4v) is 1.04. The van der Waals surface area contributed by atoms with Gasteiger partial charge in [0.2, 0.25) is 5.82 Å². The molecule has 2 heterocycles. The Morgan fingerprint density at radius 3 is 3.08 bits per heavy atom. The van der Waals surface area contributed by atoms with Crippen LogP contribution in [0.25, 0.3) is 11.6 Å². The van der Waals surface area contributed by atoms with Gasteiger partial charge in [0, 0.05) is 18.8 Å². The fourth-order valence-electron chi connectivity index (χ4n) is 1.04. The number of H-pyrrole nitrogens is 2. The SMILES string of the molecule is NCCc1nc(-c2ncc[nH]2)n[nH]1. The zero-order valence-corrected chi connectivity index (χ0v) is 6.99. The molecule has 2 aromatic heterocycles. The number of nitrogens with zero attached hydrogens (tertiary/aromatic N) is 3. The first-order valence-corrected chi connectivity index (χ1v) is 4.01. The third-order valence-electron chi connectivity index (χ3n) is 1.62. The minimum absolute atomic E-state index is 0.562. The molecule has 0 bridgehead atoms. The lowest BCUT2D eigenvalue weighted by molar-refractivity contribution is 0.874. The molecule has 68 valence electrons. The van der Waals surface area contributed by atoms with Gasteiger partial charge in [-0.15, -0.1) is 0 Å². The van der Waals surface area contributed by atoms with Crippen LogP contribution in [0.3, 0.4) is 0 Å². The summed E-state index contributed by atoms with van der Waals surface area (Å²) >= 11 is 0. The van der Waals surface area contributed by atoms with E-state index in [1.165, 1.54) is 0 Å². The standard InChI is InChI=1S/C7H10N6/c8-2-1-5-11-7(13-12-5)6-9-3-4-10-6/h3-4H,1-2,8H2,(H,9,10)(H,11,12,13). The predicted octanol–water partition coefficient (Wildman–Crippen LogP) is -0.304. The van der Waals surface area contributed by atoms with Gasteiger partial charge in [0.1, 0.15) is 5.82 Å². The molecule has 0 atom stereocenters. The molecule has 6 nitrogen and oxygen atoms in total. The van der Waals surface area contributed by atoms with Gasteiger partial charge in [0.05, 0.1) is 0 Å². The van der Waals surface area contributed by atoms with Crippen molar-refractivity contribution in [2.45, 2.75) is 6.42 Å². The first kappa shape index (κ1) is 7.93. The van der Waals surface area contributed by atoms with E-state index >= 15 is 0 Å². The fraction of sp³-hybridized carbons (Fsp3) is 0.286. The van der Waals surface area contributed by atoms with Crippen molar-refractivity contribution < 1.29 is 0 Å². The molecule has 2 aromatic rings. The van der Waals surface area contributed by atoms with Crippen molar-refractivity contribution >= 4 is 0 Å². The first-order valence-electron chi connectivity index (χ1n) is 4.01. The van der Waals surface area contributed by atoms with Gasteiger partial charge in [-0.1, -0.05) is 0 Å². The van der Waals surface area contributed by atoms with Gasteiger partial charge in [-0.3, -0.25) is 5.10 Å². The van der Waals surface area contributed by atoms with E-state index in [1.807, 2.05) is 0 Å². The van der Waals surface area contributed by atoms with Gasteiger partial charge in [0.25, 0.3) is 0 Å². The highest BCUT2D eigenvalue weighted by molar-refractivity contribution is 5.41. The molecule has 2 rings (SSSR count). The number of nitrogens with two attached hydrogens (primary N) is 1. The maximum atomic E-state index is 5.38. The summed E-state index contributed by atoms with van der Waals surface area (Å²) in [6.45, 7) is 0.562. The molecule has 13 heavy (non-hydrogen) atoms. The van der Waals surface area contributed by atoms with Crippen LogP contribution in [0.1, 0.15) is 5.82 Å². The number of aromatic nitrogens is 5. The zero-order valence-electron chi connectivity index (χ0n) is 6.99. The highest BCUT2D eigenvalue weighted by Crippen LogP contribution is 2.06. The molecular weight excluding hydrogens is 168 g/mol. The molecule has 0 fully saturated rings. The molecule has 0 aromatic carbocycles. The van der Waals surface area contributed by atoms with Crippen LogP contribution >= 0.6 is 0 Å². The lowest BCUT2D eigenvalue weighted by atomic mass is 10.4. The molecule has 0 spiro atoms. The summed E-state index contributed by atoms with van der Waals surface area (Å²) in [5.74, 6) is 2.03. The molecule has 0 aliphatic heterocycles. The highest BCUT2D eigenvalue weighted by Gasteiger charge is 2.06. The Balaban J connectivity index is 2.23. The van der Waals surface area contributed by atoms with E-state index in [-0.39, 0.29) is 0 Å². The number of hydrogen-bond acceptors (Lipinski definition) is 4. The second-order valence-electron chi connectivity index (χ2n) is 2.58. The molecule has 0 saturated carbocycles. The van der Waals surface area contributed by atoms with Crippen molar-refractivity contribution in [2.75, 3.05) is 6.54 Å². The summed E-state index contributed by atoms with van der Waals surface area (Å²) in [6.07, 6.45) is 4.09. The largest absolute Gasteiger partial charge is 0.342 e.